The molecule has 3 aromatic rings. The number of aromatic nitrogens is 2. The highest BCUT2D eigenvalue weighted by Crippen LogP contribution is 2.32. The second kappa shape index (κ2) is 14.3. The number of piperazine rings is 1. The lowest BCUT2D eigenvalue weighted by Crippen LogP contribution is -2.46. The number of carbonyl (C=O) groups excluding carboxylic acids is 1. The summed E-state index contributed by atoms with van der Waals surface area (Å²) in [7, 11) is 0. The summed E-state index contributed by atoms with van der Waals surface area (Å²) in [5.74, 6) is -1.81. The number of aromatic hydroxyl groups is 1. The van der Waals surface area contributed by atoms with Gasteiger partial charge in [0.05, 0.1) is 24.6 Å². The van der Waals surface area contributed by atoms with Crippen LogP contribution in [0.1, 0.15) is 26.3 Å². The van der Waals surface area contributed by atoms with Crippen LogP contribution >= 0.6 is 0 Å². The Morgan fingerprint density at radius 2 is 1.77 bits per heavy atom. The Bertz CT molecular complexity index is 1400. The number of para-hydroxylation sites is 1. The molecule has 0 radical (unpaired) electrons. The number of hydrogen-bond donors (Lipinski definition) is 3. The molecule has 0 bridgehead atoms. The zero-order chi connectivity index (χ0) is 31.0. The fourth-order valence-electron chi connectivity index (χ4n) is 4.51. The Morgan fingerprint density at radius 3 is 2.49 bits per heavy atom. The highest BCUT2D eigenvalue weighted by Gasteiger charge is 2.23. The maximum Gasteiger partial charge on any atom is 0.407 e. The molecule has 4 N–H and O–H groups in total. The first kappa shape index (κ1) is 31.7. The molecule has 0 spiro atoms. The van der Waals surface area contributed by atoms with Gasteiger partial charge in [0.1, 0.15) is 18.0 Å². The maximum absolute atomic E-state index is 14.9. The van der Waals surface area contributed by atoms with Crippen LogP contribution in [0.15, 0.2) is 42.5 Å². The van der Waals surface area contributed by atoms with Gasteiger partial charge in [-0.15, -0.1) is 10.2 Å². The maximum atomic E-state index is 14.9. The van der Waals surface area contributed by atoms with E-state index in [1.165, 1.54) is 12.1 Å². The summed E-state index contributed by atoms with van der Waals surface area (Å²) < 4.78 is 45.5. The molecule has 43 heavy (non-hydrogen) atoms. The highest BCUT2D eigenvalue weighted by atomic mass is 19.2. The Labute approximate surface area is 249 Å². The minimum atomic E-state index is -1.05. The molecule has 2 aromatic carbocycles. The van der Waals surface area contributed by atoms with Crippen molar-refractivity contribution in [3.8, 4) is 22.8 Å². The van der Waals surface area contributed by atoms with Crippen LogP contribution < -0.4 is 20.7 Å². The quantitative estimate of drug-likeness (QED) is 0.278. The first-order valence-corrected chi connectivity index (χ1v) is 14.0. The summed E-state index contributed by atoms with van der Waals surface area (Å²) in [4.78, 5) is 15.7. The Kier molecular flexibility index (Phi) is 10.5. The number of rotatable bonds is 11. The topological polar surface area (TPSA) is 135 Å². The van der Waals surface area contributed by atoms with Crippen LogP contribution in [0.2, 0.25) is 0 Å². The predicted molar refractivity (Wildman–Crippen MR) is 158 cm³/mol. The number of amides is 1. The third-order valence-electron chi connectivity index (χ3n) is 6.61. The SMILES string of the molecule is CC(C)(C)OC(=O)NCCOCCOc1ccc(CN2CCN(c3cc(-c4ccccc4O)nnc3N)CC2)c(F)c1F. The van der Waals surface area contributed by atoms with E-state index in [2.05, 4.69) is 20.4 Å². The van der Waals surface area contributed by atoms with Crippen molar-refractivity contribution in [1.29, 1.82) is 0 Å². The van der Waals surface area contributed by atoms with Gasteiger partial charge in [0, 0.05) is 50.4 Å². The highest BCUT2D eigenvalue weighted by molar-refractivity contribution is 5.74. The molecule has 1 aromatic heterocycles. The summed E-state index contributed by atoms with van der Waals surface area (Å²) in [6.45, 7) is 8.51. The summed E-state index contributed by atoms with van der Waals surface area (Å²) in [5, 5.41) is 21.0. The van der Waals surface area contributed by atoms with Crippen molar-refractivity contribution in [2.24, 2.45) is 0 Å². The van der Waals surface area contributed by atoms with E-state index in [9.17, 15) is 18.7 Å². The van der Waals surface area contributed by atoms with Gasteiger partial charge in [-0.1, -0.05) is 18.2 Å². The number of phenols is 1. The molecule has 0 atom stereocenters. The summed E-state index contributed by atoms with van der Waals surface area (Å²) in [6.07, 6.45) is -0.540. The number of nitrogens with zero attached hydrogens (tertiary/aromatic N) is 4. The van der Waals surface area contributed by atoms with Gasteiger partial charge in [0.2, 0.25) is 5.82 Å². The van der Waals surface area contributed by atoms with Gasteiger partial charge in [-0.25, -0.2) is 9.18 Å². The van der Waals surface area contributed by atoms with E-state index in [0.717, 1.165) is 0 Å². The van der Waals surface area contributed by atoms with Crippen LogP contribution in [0.25, 0.3) is 11.3 Å². The number of anilines is 2. The molecule has 1 amide bonds. The van der Waals surface area contributed by atoms with E-state index in [0.29, 0.717) is 43.1 Å². The van der Waals surface area contributed by atoms with Crippen molar-refractivity contribution in [2.45, 2.75) is 32.9 Å². The third kappa shape index (κ3) is 8.88. The van der Waals surface area contributed by atoms with E-state index in [4.69, 9.17) is 19.9 Å². The van der Waals surface area contributed by atoms with Crippen LogP contribution in [-0.4, -0.2) is 84.4 Å². The largest absolute Gasteiger partial charge is 0.507 e. The molecule has 1 aliphatic heterocycles. The monoisotopic (exact) mass is 600 g/mol. The van der Waals surface area contributed by atoms with Gasteiger partial charge in [-0.05, 0) is 45.0 Å². The molecule has 0 unspecified atom stereocenters. The Hall–Kier alpha value is -4.23. The Balaban J connectivity index is 1.23. The van der Waals surface area contributed by atoms with Crippen molar-refractivity contribution < 1.29 is 32.9 Å². The molecule has 11 nitrogen and oxygen atoms in total. The number of ether oxygens (including phenoxy) is 3. The Morgan fingerprint density at radius 1 is 1.02 bits per heavy atom. The van der Waals surface area contributed by atoms with Gasteiger partial charge >= 0.3 is 6.09 Å². The number of alkyl carbamates (subject to hydrolysis) is 1. The standard InChI is InChI=1S/C30H38F2N6O5/c1-30(2,3)43-29(40)34-10-15-41-16-17-42-25-9-8-20(26(31)27(25)32)19-37-11-13-38(14-12-37)23-18-22(35-36-28(23)33)21-6-4-5-7-24(21)39/h4-9,18,39H,10-17,19H2,1-3H3,(H2,33,36)(H,34,40). The molecule has 2 heterocycles. The molecule has 1 aliphatic rings. The van der Waals surface area contributed by atoms with Crippen molar-refractivity contribution in [3.05, 3.63) is 59.7 Å². The van der Waals surface area contributed by atoms with Gasteiger partial charge in [0.25, 0.3) is 0 Å². The van der Waals surface area contributed by atoms with Crippen LogP contribution in [0, 0.1) is 11.6 Å². The lowest BCUT2D eigenvalue weighted by molar-refractivity contribution is 0.0488. The second-order valence-electron chi connectivity index (χ2n) is 11.0. The van der Waals surface area contributed by atoms with Gasteiger partial charge < -0.3 is 35.3 Å². The van der Waals surface area contributed by atoms with Crippen LogP contribution in [0.5, 0.6) is 11.5 Å². The molecule has 0 saturated carbocycles. The lowest BCUT2D eigenvalue weighted by Gasteiger charge is -2.36. The number of phenolic OH excluding ortho intramolecular Hbond substituents is 1. The van der Waals surface area contributed by atoms with Gasteiger partial charge in [0.15, 0.2) is 17.4 Å². The molecular formula is C30H38F2N6O5. The number of hydrogen-bond acceptors (Lipinski definition) is 10. The molecule has 13 heteroatoms. The van der Waals surface area contributed by atoms with E-state index in [1.807, 2.05) is 4.90 Å². The van der Waals surface area contributed by atoms with Crippen molar-refractivity contribution in [2.75, 3.05) is 63.2 Å². The number of benzene rings is 2. The number of carbonyl (C=O) groups is 1. The zero-order valence-electron chi connectivity index (χ0n) is 24.6. The average molecular weight is 601 g/mol. The van der Waals surface area contributed by atoms with E-state index in [-0.39, 0.29) is 55.8 Å². The predicted octanol–water partition coefficient (Wildman–Crippen LogP) is 3.95. The van der Waals surface area contributed by atoms with Crippen LogP contribution in [-0.2, 0) is 16.0 Å². The van der Waals surface area contributed by atoms with Crippen molar-refractivity contribution >= 4 is 17.6 Å². The number of nitrogen functional groups attached to an aromatic ring is 1. The summed E-state index contributed by atoms with van der Waals surface area (Å²) in [6, 6.07) is 11.6. The van der Waals surface area contributed by atoms with Gasteiger partial charge in [-0.3, -0.25) is 4.90 Å². The minimum Gasteiger partial charge on any atom is -0.507 e. The number of nitrogens with one attached hydrogen (secondary N) is 1. The average Bonchev–Trinajstić information content (AvgIpc) is 2.96. The molecule has 1 saturated heterocycles. The lowest BCUT2D eigenvalue weighted by atomic mass is 10.1. The molecule has 0 aliphatic carbocycles. The first-order chi connectivity index (χ1) is 20.5. The molecular weight excluding hydrogens is 562 g/mol. The summed E-state index contributed by atoms with van der Waals surface area (Å²) in [5.41, 5.74) is 7.53. The second-order valence-corrected chi connectivity index (χ2v) is 11.0. The van der Waals surface area contributed by atoms with Crippen molar-refractivity contribution in [3.63, 3.8) is 0 Å². The normalized spacial score (nSPS) is 14.0. The number of halogens is 2. The van der Waals surface area contributed by atoms with Crippen LogP contribution in [0.3, 0.4) is 0 Å². The van der Waals surface area contributed by atoms with E-state index >= 15 is 0 Å². The van der Waals surface area contributed by atoms with Crippen LogP contribution in [0.4, 0.5) is 25.1 Å². The van der Waals surface area contributed by atoms with Gasteiger partial charge in [-0.2, -0.15) is 4.39 Å². The minimum absolute atomic E-state index is 0.0166. The number of nitrogens with two attached hydrogens (primary N) is 1. The fraction of sp³-hybridized carbons (Fsp3) is 0.433. The smallest absolute Gasteiger partial charge is 0.407 e. The van der Waals surface area contributed by atoms with E-state index in [1.54, 1.807) is 51.1 Å². The molecule has 1 fully saturated rings. The third-order valence-corrected chi connectivity index (χ3v) is 6.61. The fourth-order valence-corrected chi connectivity index (χ4v) is 4.51. The zero-order valence-corrected chi connectivity index (χ0v) is 24.6. The first-order valence-electron chi connectivity index (χ1n) is 14.0. The summed E-state index contributed by atoms with van der Waals surface area (Å²) >= 11 is 0. The van der Waals surface area contributed by atoms with Crippen molar-refractivity contribution in [1.82, 2.24) is 20.4 Å². The molecule has 4 rings (SSSR count). The molecule has 232 valence electrons. The van der Waals surface area contributed by atoms with E-state index < -0.39 is 23.3 Å².